The van der Waals surface area contributed by atoms with Crippen LogP contribution < -0.4 is 9.47 Å². The van der Waals surface area contributed by atoms with Gasteiger partial charge in [0.15, 0.2) is 0 Å². The van der Waals surface area contributed by atoms with Gasteiger partial charge < -0.3 is 14.2 Å². The highest BCUT2D eigenvalue weighted by atomic mass is 19.4. The zero-order valence-corrected chi connectivity index (χ0v) is 12.0. The second-order valence-corrected chi connectivity index (χ2v) is 4.61. The van der Waals surface area contributed by atoms with E-state index < -0.39 is 35.9 Å². The summed E-state index contributed by atoms with van der Waals surface area (Å²) in [5.74, 6) is -2.26. The number of benzene rings is 1. The summed E-state index contributed by atoms with van der Waals surface area (Å²) in [7, 11) is 0. The van der Waals surface area contributed by atoms with Gasteiger partial charge in [0.1, 0.15) is 11.5 Å². The minimum atomic E-state index is -4.97. The van der Waals surface area contributed by atoms with Crippen molar-refractivity contribution in [3.63, 3.8) is 0 Å². The summed E-state index contributed by atoms with van der Waals surface area (Å²) in [6, 6.07) is 2.52. The summed E-state index contributed by atoms with van der Waals surface area (Å²) in [6.07, 6.45) is -11.7. The van der Waals surface area contributed by atoms with E-state index in [0.717, 1.165) is 24.3 Å². The van der Waals surface area contributed by atoms with Crippen LogP contribution in [0.25, 0.3) is 6.08 Å². The third-order valence-corrected chi connectivity index (χ3v) is 2.86. The predicted octanol–water partition coefficient (Wildman–Crippen LogP) is 3.86. The molecular formula is C14H10F6O4. The molecule has 0 spiro atoms. The lowest BCUT2D eigenvalue weighted by Crippen LogP contribution is -2.40. The first kappa shape index (κ1) is 18.0. The van der Waals surface area contributed by atoms with Gasteiger partial charge in [0.2, 0.25) is 6.10 Å². The molecule has 1 atom stereocenters. The number of hydrogen-bond acceptors (Lipinski definition) is 4. The summed E-state index contributed by atoms with van der Waals surface area (Å²) < 4.78 is 88.7. The van der Waals surface area contributed by atoms with Gasteiger partial charge in [-0.3, -0.25) is 0 Å². The number of rotatable bonds is 3. The van der Waals surface area contributed by atoms with Crippen molar-refractivity contribution in [1.82, 2.24) is 0 Å². The monoisotopic (exact) mass is 356 g/mol. The average Bonchev–Trinajstić information content (AvgIpc) is 2.43. The number of esters is 1. The van der Waals surface area contributed by atoms with Crippen molar-refractivity contribution in [3.8, 4) is 11.5 Å². The third-order valence-electron chi connectivity index (χ3n) is 2.86. The summed E-state index contributed by atoms with van der Waals surface area (Å²) >= 11 is 0. The minimum Gasteiger partial charge on any atom is -0.475 e. The van der Waals surface area contributed by atoms with Crippen LogP contribution in [0.5, 0.6) is 11.5 Å². The summed E-state index contributed by atoms with van der Waals surface area (Å²) in [5.41, 5.74) is -1.03. The molecule has 1 unspecified atom stereocenters. The Kier molecular flexibility index (Phi) is 4.68. The van der Waals surface area contributed by atoms with Gasteiger partial charge in [-0.05, 0) is 31.2 Å². The molecule has 1 aromatic carbocycles. The summed E-state index contributed by atoms with van der Waals surface area (Å²) in [5, 5.41) is 0. The molecule has 0 saturated carbocycles. The van der Waals surface area contributed by atoms with Crippen molar-refractivity contribution in [3.05, 3.63) is 29.3 Å². The molecule has 1 heterocycles. The molecule has 0 aliphatic carbocycles. The average molecular weight is 356 g/mol. The molecule has 2 rings (SSSR count). The molecule has 0 bridgehead atoms. The minimum absolute atomic E-state index is 0.166. The lowest BCUT2D eigenvalue weighted by atomic mass is 10.0. The number of carbonyl (C=O) groups is 1. The van der Waals surface area contributed by atoms with Crippen LogP contribution in [-0.4, -0.2) is 31.2 Å². The Labute approximate surface area is 131 Å². The molecule has 0 aromatic heterocycles. The molecule has 132 valence electrons. The molecule has 4 nitrogen and oxygen atoms in total. The molecular weight excluding hydrogens is 346 g/mol. The zero-order valence-electron chi connectivity index (χ0n) is 12.0. The number of hydrogen-bond donors (Lipinski definition) is 0. The maximum absolute atomic E-state index is 13.0. The second kappa shape index (κ2) is 6.25. The molecule has 1 aromatic rings. The van der Waals surface area contributed by atoms with E-state index in [1.54, 1.807) is 0 Å². The van der Waals surface area contributed by atoms with Gasteiger partial charge in [-0.15, -0.1) is 13.2 Å². The quantitative estimate of drug-likeness (QED) is 0.610. The highest BCUT2D eigenvalue weighted by Crippen LogP contribution is 2.39. The first-order chi connectivity index (χ1) is 11.0. The van der Waals surface area contributed by atoms with Gasteiger partial charge in [-0.1, -0.05) is 0 Å². The SMILES string of the molecule is CCOC(=O)C1=Cc2cc(OC(F)(F)F)ccc2OC1C(F)(F)F. The maximum atomic E-state index is 13.0. The zero-order chi connectivity index (χ0) is 18.1. The van der Waals surface area contributed by atoms with Crippen molar-refractivity contribution in [1.29, 1.82) is 0 Å². The molecule has 0 radical (unpaired) electrons. The fourth-order valence-corrected chi connectivity index (χ4v) is 2.00. The molecule has 10 heteroatoms. The van der Waals surface area contributed by atoms with Crippen molar-refractivity contribution >= 4 is 12.0 Å². The van der Waals surface area contributed by atoms with Gasteiger partial charge in [-0.2, -0.15) is 13.2 Å². The summed E-state index contributed by atoms with van der Waals surface area (Å²) in [6.45, 7) is 1.22. The number of alkyl halides is 6. The van der Waals surface area contributed by atoms with Crippen LogP contribution in [0.1, 0.15) is 12.5 Å². The van der Waals surface area contributed by atoms with Gasteiger partial charge in [-0.25, -0.2) is 4.79 Å². The molecule has 0 amide bonds. The topological polar surface area (TPSA) is 44.8 Å². The lowest BCUT2D eigenvalue weighted by molar-refractivity contribution is -0.274. The Balaban J connectivity index is 2.44. The molecule has 1 aliphatic rings. The van der Waals surface area contributed by atoms with Crippen molar-refractivity contribution in [2.75, 3.05) is 6.61 Å². The van der Waals surface area contributed by atoms with E-state index in [2.05, 4.69) is 9.47 Å². The molecule has 0 saturated heterocycles. The Hall–Kier alpha value is -2.39. The van der Waals surface area contributed by atoms with E-state index in [-0.39, 0.29) is 17.9 Å². The maximum Gasteiger partial charge on any atom is 0.573 e. The smallest absolute Gasteiger partial charge is 0.475 e. The fourth-order valence-electron chi connectivity index (χ4n) is 2.00. The molecule has 0 N–H and O–H groups in total. The molecule has 1 aliphatic heterocycles. The van der Waals surface area contributed by atoms with E-state index in [9.17, 15) is 31.1 Å². The lowest BCUT2D eigenvalue weighted by Gasteiger charge is -2.28. The van der Waals surface area contributed by atoms with E-state index in [1.807, 2.05) is 0 Å². The second-order valence-electron chi connectivity index (χ2n) is 4.61. The largest absolute Gasteiger partial charge is 0.573 e. The standard InChI is InChI=1S/C14H10F6O4/c1-2-22-12(21)9-6-7-5-8(24-14(18,19)20)3-4-10(7)23-11(9)13(15,16)17/h3-6,11H,2H2,1H3. The molecule has 0 fully saturated rings. The first-order valence-electron chi connectivity index (χ1n) is 6.53. The van der Waals surface area contributed by atoms with E-state index >= 15 is 0 Å². The van der Waals surface area contributed by atoms with Crippen molar-refractivity contribution in [2.45, 2.75) is 25.6 Å². The molecule has 24 heavy (non-hydrogen) atoms. The van der Waals surface area contributed by atoms with E-state index in [4.69, 9.17) is 4.74 Å². The van der Waals surface area contributed by atoms with Crippen LogP contribution in [0.3, 0.4) is 0 Å². The van der Waals surface area contributed by atoms with Gasteiger partial charge >= 0.3 is 18.5 Å². The van der Waals surface area contributed by atoms with Crippen LogP contribution in [0.15, 0.2) is 23.8 Å². The predicted molar refractivity (Wildman–Crippen MR) is 68.2 cm³/mol. The van der Waals surface area contributed by atoms with Crippen LogP contribution in [-0.2, 0) is 9.53 Å². The number of fused-ring (bicyclic) bond motifs is 1. The summed E-state index contributed by atoms with van der Waals surface area (Å²) in [4.78, 5) is 11.7. The number of halogens is 6. The number of carbonyl (C=O) groups excluding carboxylic acids is 1. The normalized spacial score (nSPS) is 17.5. The Morgan fingerprint density at radius 2 is 1.88 bits per heavy atom. The van der Waals surface area contributed by atoms with Crippen LogP contribution in [0.4, 0.5) is 26.3 Å². The van der Waals surface area contributed by atoms with Crippen LogP contribution in [0.2, 0.25) is 0 Å². The van der Waals surface area contributed by atoms with Crippen LogP contribution in [0, 0.1) is 0 Å². The van der Waals surface area contributed by atoms with Crippen molar-refractivity contribution < 1.29 is 45.3 Å². The Morgan fingerprint density at radius 3 is 2.42 bits per heavy atom. The highest BCUT2D eigenvalue weighted by molar-refractivity contribution is 5.96. The van der Waals surface area contributed by atoms with Gasteiger partial charge in [0, 0.05) is 5.56 Å². The van der Waals surface area contributed by atoms with Crippen molar-refractivity contribution in [2.24, 2.45) is 0 Å². The third kappa shape index (κ3) is 4.12. The van der Waals surface area contributed by atoms with Crippen LogP contribution >= 0.6 is 0 Å². The fraction of sp³-hybridized carbons (Fsp3) is 0.357. The van der Waals surface area contributed by atoms with Gasteiger partial charge in [0.25, 0.3) is 0 Å². The van der Waals surface area contributed by atoms with E-state index in [0.29, 0.717) is 0 Å². The number of ether oxygens (including phenoxy) is 3. The first-order valence-corrected chi connectivity index (χ1v) is 6.53. The highest BCUT2D eigenvalue weighted by Gasteiger charge is 2.48. The van der Waals surface area contributed by atoms with Gasteiger partial charge in [0.05, 0.1) is 12.2 Å². The Morgan fingerprint density at radius 1 is 1.21 bits per heavy atom. The Bertz CT molecular complexity index is 662. The van der Waals surface area contributed by atoms with E-state index in [1.165, 1.54) is 6.92 Å².